The van der Waals surface area contributed by atoms with Crippen molar-refractivity contribution in [3.8, 4) is 0 Å². The zero-order chi connectivity index (χ0) is 14.0. The second kappa shape index (κ2) is 5.11. The number of benzene rings is 1. The minimum Gasteiger partial charge on any atom is -0.396 e. The number of anilines is 3. The molecule has 0 unspecified atom stereocenters. The van der Waals surface area contributed by atoms with E-state index in [1.165, 1.54) is 24.3 Å². The first-order chi connectivity index (χ1) is 8.97. The summed E-state index contributed by atoms with van der Waals surface area (Å²) in [5.41, 5.74) is 11.2. The average molecular weight is 281 g/mol. The number of halogens is 2. The first-order valence-corrected chi connectivity index (χ1v) is 5.63. The number of rotatable bonds is 3. The molecule has 0 bridgehead atoms. The monoisotopic (exact) mass is 280 g/mol. The third-order valence-corrected chi connectivity index (χ3v) is 2.60. The summed E-state index contributed by atoms with van der Waals surface area (Å²) in [4.78, 5) is 14.9. The number of amides is 1. The first-order valence-electron chi connectivity index (χ1n) is 5.26. The minimum atomic E-state index is -0.695. The van der Waals surface area contributed by atoms with Gasteiger partial charge in [-0.1, -0.05) is 11.6 Å². The van der Waals surface area contributed by atoms with E-state index in [4.69, 9.17) is 23.1 Å². The number of nitrogens with one attached hydrogen (secondary N) is 1. The van der Waals surface area contributed by atoms with Crippen LogP contribution in [-0.4, -0.2) is 10.9 Å². The van der Waals surface area contributed by atoms with Crippen LogP contribution in [0, 0.1) is 5.82 Å². The minimum absolute atomic E-state index is 0.0334. The molecule has 7 heteroatoms. The van der Waals surface area contributed by atoms with E-state index in [0.717, 1.165) is 6.07 Å². The van der Waals surface area contributed by atoms with Gasteiger partial charge in [-0.15, -0.1) is 0 Å². The molecule has 0 saturated heterocycles. The molecule has 2 rings (SSSR count). The Morgan fingerprint density at radius 2 is 2.05 bits per heavy atom. The van der Waals surface area contributed by atoms with Gasteiger partial charge in [0, 0.05) is 5.02 Å². The maximum Gasteiger partial charge on any atom is 0.267 e. The lowest BCUT2D eigenvalue weighted by molar-refractivity contribution is 0.0996. The molecule has 2 aromatic rings. The fourth-order valence-electron chi connectivity index (χ4n) is 1.43. The van der Waals surface area contributed by atoms with E-state index in [9.17, 15) is 9.18 Å². The molecule has 5 nitrogen and oxygen atoms in total. The van der Waals surface area contributed by atoms with Gasteiger partial charge in [-0.25, -0.2) is 9.37 Å². The molecule has 5 N–H and O–H groups in total. The Kier molecular flexibility index (Phi) is 3.52. The highest BCUT2D eigenvalue weighted by atomic mass is 35.5. The Hall–Kier alpha value is -2.34. The van der Waals surface area contributed by atoms with Crippen molar-refractivity contribution in [2.45, 2.75) is 0 Å². The smallest absolute Gasteiger partial charge is 0.267 e. The Morgan fingerprint density at radius 3 is 2.68 bits per heavy atom. The van der Waals surface area contributed by atoms with Crippen LogP contribution in [0.2, 0.25) is 5.02 Å². The van der Waals surface area contributed by atoms with E-state index in [0.29, 0.717) is 0 Å². The first kappa shape index (κ1) is 13.1. The van der Waals surface area contributed by atoms with Gasteiger partial charge in [0.2, 0.25) is 0 Å². The number of hydrogen-bond acceptors (Lipinski definition) is 4. The molecule has 0 aliphatic carbocycles. The van der Waals surface area contributed by atoms with Crippen LogP contribution in [0.4, 0.5) is 21.6 Å². The topological polar surface area (TPSA) is 94.0 Å². The predicted octanol–water partition coefficient (Wildman–Crippen LogP) is 2.30. The fourth-order valence-corrected chi connectivity index (χ4v) is 1.58. The van der Waals surface area contributed by atoms with Gasteiger partial charge < -0.3 is 16.8 Å². The van der Waals surface area contributed by atoms with Gasteiger partial charge in [0.25, 0.3) is 5.91 Å². The lowest BCUT2D eigenvalue weighted by Gasteiger charge is -2.10. The van der Waals surface area contributed by atoms with E-state index in [-0.39, 0.29) is 27.9 Å². The number of nitrogen functional groups attached to an aromatic ring is 1. The van der Waals surface area contributed by atoms with Gasteiger partial charge in [-0.05, 0) is 30.3 Å². The zero-order valence-electron chi connectivity index (χ0n) is 9.65. The maximum absolute atomic E-state index is 13.6. The number of primary amides is 1. The number of aromatic nitrogens is 1. The lowest BCUT2D eigenvalue weighted by atomic mass is 10.2. The molecule has 0 saturated carbocycles. The standard InChI is InChI=1S/C12H10ClFN4O/c13-6-1-3-9(7(14)5-6)17-12-8(15)2-4-10(18-12)11(16)19/h1-5H,15H2,(H2,16,19)(H,17,18). The second-order valence-electron chi connectivity index (χ2n) is 3.75. The normalized spacial score (nSPS) is 10.2. The summed E-state index contributed by atoms with van der Waals surface area (Å²) < 4.78 is 13.6. The van der Waals surface area contributed by atoms with Crippen molar-refractivity contribution in [2.24, 2.45) is 5.73 Å². The van der Waals surface area contributed by atoms with Crippen molar-refractivity contribution in [1.82, 2.24) is 4.98 Å². The number of pyridine rings is 1. The number of nitrogens with zero attached hydrogens (tertiary/aromatic N) is 1. The highest BCUT2D eigenvalue weighted by Gasteiger charge is 2.09. The van der Waals surface area contributed by atoms with Crippen LogP contribution in [0.15, 0.2) is 30.3 Å². The van der Waals surface area contributed by atoms with E-state index < -0.39 is 11.7 Å². The highest BCUT2D eigenvalue weighted by Crippen LogP contribution is 2.25. The average Bonchev–Trinajstić information content (AvgIpc) is 2.34. The summed E-state index contributed by atoms with van der Waals surface area (Å²) in [7, 11) is 0. The second-order valence-corrected chi connectivity index (χ2v) is 4.18. The zero-order valence-corrected chi connectivity index (χ0v) is 10.4. The van der Waals surface area contributed by atoms with Crippen molar-refractivity contribution in [1.29, 1.82) is 0 Å². The molecule has 0 spiro atoms. The Balaban J connectivity index is 2.37. The molecule has 0 atom stereocenters. The van der Waals surface area contributed by atoms with Gasteiger partial charge in [-0.2, -0.15) is 0 Å². The lowest BCUT2D eigenvalue weighted by Crippen LogP contribution is -2.14. The van der Waals surface area contributed by atoms with Crippen molar-refractivity contribution in [3.63, 3.8) is 0 Å². The van der Waals surface area contributed by atoms with Gasteiger partial charge in [0.05, 0.1) is 11.4 Å². The number of carbonyl (C=O) groups is 1. The van der Waals surface area contributed by atoms with Gasteiger partial charge >= 0.3 is 0 Å². The summed E-state index contributed by atoms with van der Waals surface area (Å²) in [6, 6.07) is 6.96. The Morgan fingerprint density at radius 1 is 1.32 bits per heavy atom. The molecule has 0 fully saturated rings. The van der Waals surface area contributed by atoms with E-state index in [1.54, 1.807) is 0 Å². The van der Waals surface area contributed by atoms with E-state index in [1.807, 2.05) is 0 Å². The molecule has 0 aliphatic rings. The van der Waals surface area contributed by atoms with Gasteiger partial charge in [0.15, 0.2) is 5.82 Å². The van der Waals surface area contributed by atoms with Crippen LogP contribution in [0.3, 0.4) is 0 Å². The third-order valence-electron chi connectivity index (χ3n) is 2.36. The van der Waals surface area contributed by atoms with Crippen LogP contribution in [0.25, 0.3) is 0 Å². The van der Waals surface area contributed by atoms with Gasteiger partial charge in [0.1, 0.15) is 11.5 Å². The Labute approximate surface area is 113 Å². The van der Waals surface area contributed by atoms with Crippen molar-refractivity contribution in [3.05, 3.63) is 46.9 Å². The number of carbonyl (C=O) groups excluding carboxylic acids is 1. The molecule has 1 amide bonds. The molecular formula is C12H10ClFN4O. The molecule has 1 aromatic carbocycles. The summed E-state index contributed by atoms with van der Waals surface area (Å²) in [6.45, 7) is 0. The molecule has 1 heterocycles. The van der Waals surface area contributed by atoms with Crippen molar-refractivity contribution < 1.29 is 9.18 Å². The van der Waals surface area contributed by atoms with Crippen molar-refractivity contribution in [2.75, 3.05) is 11.1 Å². The highest BCUT2D eigenvalue weighted by molar-refractivity contribution is 6.30. The summed E-state index contributed by atoms with van der Waals surface area (Å²) in [6.07, 6.45) is 0. The third kappa shape index (κ3) is 2.92. The maximum atomic E-state index is 13.6. The number of hydrogen-bond donors (Lipinski definition) is 3. The van der Waals surface area contributed by atoms with E-state index in [2.05, 4.69) is 10.3 Å². The quantitative estimate of drug-likeness (QED) is 0.804. The van der Waals surface area contributed by atoms with Crippen LogP contribution in [0.5, 0.6) is 0 Å². The molecule has 19 heavy (non-hydrogen) atoms. The predicted molar refractivity (Wildman–Crippen MR) is 71.9 cm³/mol. The van der Waals surface area contributed by atoms with Crippen LogP contribution in [0.1, 0.15) is 10.5 Å². The SMILES string of the molecule is NC(=O)c1ccc(N)c(Nc2ccc(Cl)cc2F)n1. The summed E-state index contributed by atoms with van der Waals surface area (Å²) in [5.74, 6) is -1.10. The summed E-state index contributed by atoms with van der Waals surface area (Å²) in [5, 5.41) is 2.96. The Bertz CT molecular complexity index is 648. The van der Waals surface area contributed by atoms with E-state index >= 15 is 0 Å². The van der Waals surface area contributed by atoms with Crippen LogP contribution >= 0.6 is 11.6 Å². The molecule has 1 aromatic heterocycles. The van der Waals surface area contributed by atoms with Crippen LogP contribution in [-0.2, 0) is 0 Å². The molecular weight excluding hydrogens is 271 g/mol. The largest absolute Gasteiger partial charge is 0.396 e. The van der Waals surface area contributed by atoms with Crippen LogP contribution < -0.4 is 16.8 Å². The summed E-state index contributed by atoms with van der Waals surface area (Å²) >= 11 is 5.65. The molecule has 98 valence electrons. The molecule has 0 aliphatic heterocycles. The number of nitrogens with two attached hydrogens (primary N) is 2. The fraction of sp³-hybridized carbons (Fsp3) is 0. The van der Waals surface area contributed by atoms with Gasteiger partial charge in [-0.3, -0.25) is 4.79 Å². The molecule has 0 radical (unpaired) electrons. The van der Waals surface area contributed by atoms with Crippen molar-refractivity contribution >= 4 is 34.7 Å².